The summed E-state index contributed by atoms with van der Waals surface area (Å²) in [4.78, 5) is 12.2. The van der Waals surface area contributed by atoms with E-state index in [2.05, 4.69) is 66.7 Å². The zero-order chi connectivity index (χ0) is 29.9. The summed E-state index contributed by atoms with van der Waals surface area (Å²) >= 11 is 0. The quantitative estimate of drug-likeness (QED) is 0.173. The van der Waals surface area contributed by atoms with E-state index in [9.17, 15) is 0 Å². The standard InChI is InChI=1S/C34H28N5O.Pt/c1-34(2,3)23-15-17-35-32(19-23)39-28-10-6-5-9-26(28)27-14-13-25(21-31(27)39)40-33-20-24(16-18-36-33)38-22-37(4)29-11-7-8-12-30(29)38;/h5-19,22H,1-4H3;/q-3;/i4D3;. The first-order chi connectivity index (χ1) is 20.6. The van der Waals surface area contributed by atoms with Gasteiger partial charge in [-0.15, -0.1) is 17.5 Å². The normalized spacial score (nSPS) is 14.4. The first kappa shape index (κ1) is 23.5. The predicted octanol–water partition coefficient (Wildman–Crippen LogP) is 7.97. The first-order valence-electron chi connectivity index (χ1n) is 14.6. The predicted molar refractivity (Wildman–Crippen MR) is 161 cm³/mol. The monoisotopic (exact) mass is 720 g/mol. The zero-order valence-corrected chi connectivity index (χ0v) is 25.0. The fraction of sp³-hybridized carbons (Fsp3) is 0.147. The maximum Gasteiger partial charge on any atom is 0.135 e. The van der Waals surface area contributed by atoms with Crippen LogP contribution < -0.4 is 14.5 Å². The van der Waals surface area contributed by atoms with E-state index in [0.29, 0.717) is 17.1 Å². The van der Waals surface area contributed by atoms with E-state index < -0.39 is 6.98 Å². The van der Waals surface area contributed by atoms with Gasteiger partial charge in [-0.05, 0) is 59.9 Å². The van der Waals surface area contributed by atoms with Crippen LogP contribution in [0.15, 0.2) is 91.3 Å². The number of nitrogens with zero attached hydrogens (tertiary/aromatic N) is 5. The van der Waals surface area contributed by atoms with Gasteiger partial charge in [0.25, 0.3) is 0 Å². The summed E-state index contributed by atoms with van der Waals surface area (Å²) in [5.41, 5.74) is 4.93. The molecule has 1 aliphatic rings. The van der Waals surface area contributed by atoms with E-state index in [1.165, 1.54) is 10.5 Å². The number of fused-ring (bicyclic) bond motifs is 4. The van der Waals surface area contributed by atoms with Gasteiger partial charge in [0.2, 0.25) is 0 Å². The molecule has 0 bridgehead atoms. The van der Waals surface area contributed by atoms with Crippen LogP contribution in [0.25, 0.3) is 27.6 Å². The molecule has 0 aliphatic carbocycles. The van der Waals surface area contributed by atoms with Crippen LogP contribution in [0, 0.1) is 18.8 Å². The third-order valence-electron chi connectivity index (χ3n) is 7.15. The molecule has 0 saturated carbocycles. The van der Waals surface area contributed by atoms with Gasteiger partial charge in [0.15, 0.2) is 0 Å². The summed E-state index contributed by atoms with van der Waals surface area (Å²) in [6, 6.07) is 32.1. The van der Waals surface area contributed by atoms with Crippen molar-refractivity contribution in [2.75, 3.05) is 16.8 Å². The van der Waals surface area contributed by atoms with Crippen LogP contribution in [0.2, 0.25) is 0 Å². The van der Waals surface area contributed by atoms with E-state index >= 15 is 0 Å². The number of pyridine rings is 2. The minimum atomic E-state index is -2.33. The van der Waals surface area contributed by atoms with Crippen LogP contribution in [0.4, 0.5) is 17.1 Å². The average Bonchev–Trinajstić information content (AvgIpc) is 3.53. The van der Waals surface area contributed by atoms with Crippen LogP contribution in [-0.4, -0.2) is 21.5 Å². The Morgan fingerprint density at radius 3 is 2.46 bits per heavy atom. The Kier molecular flexibility index (Phi) is 5.94. The van der Waals surface area contributed by atoms with E-state index in [-0.39, 0.29) is 32.4 Å². The van der Waals surface area contributed by atoms with Gasteiger partial charge in [0.1, 0.15) is 11.7 Å². The molecule has 4 heterocycles. The number of aromatic nitrogens is 3. The smallest absolute Gasteiger partial charge is 0.135 e. The Labute approximate surface area is 258 Å². The molecule has 0 saturated heterocycles. The molecular weight excluding hydrogens is 689 g/mol. The van der Waals surface area contributed by atoms with Gasteiger partial charge >= 0.3 is 0 Å². The molecule has 0 spiro atoms. The Bertz CT molecular complexity index is 2000. The number of hydrogen-bond donors (Lipinski definition) is 0. The fourth-order valence-electron chi connectivity index (χ4n) is 5.14. The molecule has 208 valence electrons. The number of rotatable bonds is 4. The second-order valence-corrected chi connectivity index (χ2v) is 10.8. The third kappa shape index (κ3) is 4.76. The van der Waals surface area contributed by atoms with Crippen molar-refractivity contribution < 1.29 is 29.9 Å². The van der Waals surface area contributed by atoms with E-state index in [1.807, 2.05) is 48.7 Å². The molecule has 0 N–H and O–H groups in total. The van der Waals surface area contributed by atoms with Crippen molar-refractivity contribution in [3.63, 3.8) is 0 Å². The maximum atomic E-state index is 7.97. The Morgan fingerprint density at radius 1 is 0.854 bits per heavy atom. The van der Waals surface area contributed by atoms with Crippen LogP contribution in [0.1, 0.15) is 30.4 Å². The molecule has 41 heavy (non-hydrogen) atoms. The van der Waals surface area contributed by atoms with Crippen molar-refractivity contribution in [3.8, 4) is 17.4 Å². The Balaban J connectivity index is 0.00000343. The molecule has 7 rings (SSSR count). The second kappa shape index (κ2) is 10.4. The van der Waals surface area contributed by atoms with E-state index in [4.69, 9.17) is 13.8 Å². The molecule has 6 nitrogen and oxygen atoms in total. The molecular formula is C34H28N5OPt-3. The summed E-state index contributed by atoms with van der Waals surface area (Å²) in [6.45, 7) is 5.79. The van der Waals surface area contributed by atoms with Crippen LogP contribution >= 0.6 is 0 Å². The molecule has 0 unspecified atom stereocenters. The van der Waals surface area contributed by atoms with Gasteiger partial charge in [0, 0.05) is 54.0 Å². The number of hydrogen-bond acceptors (Lipinski definition) is 5. The number of anilines is 3. The summed E-state index contributed by atoms with van der Waals surface area (Å²) < 4.78 is 32.2. The van der Waals surface area contributed by atoms with Gasteiger partial charge in [-0.3, -0.25) is 4.98 Å². The van der Waals surface area contributed by atoms with Crippen LogP contribution in [0.5, 0.6) is 11.6 Å². The maximum absolute atomic E-state index is 7.97. The van der Waals surface area contributed by atoms with Crippen LogP contribution in [-0.2, 0) is 26.5 Å². The topological polar surface area (TPSA) is 46.4 Å². The number of para-hydroxylation sites is 3. The van der Waals surface area contributed by atoms with Crippen molar-refractivity contribution in [1.82, 2.24) is 14.5 Å². The molecule has 7 heteroatoms. The van der Waals surface area contributed by atoms with Gasteiger partial charge in [-0.1, -0.05) is 56.6 Å². The van der Waals surface area contributed by atoms with Gasteiger partial charge < -0.3 is 19.1 Å². The van der Waals surface area contributed by atoms with Crippen LogP contribution in [0.3, 0.4) is 0 Å². The molecule has 3 aromatic heterocycles. The first-order valence-corrected chi connectivity index (χ1v) is 13.1. The van der Waals surface area contributed by atoms with Crippen molar-refractivity contribution in [3.05, 3.63) is 116 Å². The van der Waals surface area contributed by atoms with Crippen molar-refractivity contribution in [2.24, 2.45) is 0 Å². The van der Waals surface area contributed by atoms with Gasteiger partial charge in [-0.2, -0.15) is 30.6 Å². The van der Waals surface area contributed by atoms with Crippen molar-refractivity contribution in [2.45, 2.75) is 26.2 Å². The molecule has 0 atom stereocenters. The van der Waals surface area contributed by atoms with E-state index in [0.717, 1.165) is 33.3 Å². The number of benzene rings is 3. The molecule has 0 fully saturated rings. The molecule has 6 aromatic rings. The molecule has 3 aromatic carbocycles. The largest absolute Gasteiger partial charge is 0.504 e. The third-order valence-corrected chi connectivity index (χ3v) is 7.15. The molecule has 0 amide bonds. The average molecular weight is 721 g/mol. The zero-order valence-electron chi connectivity index (χ0n) is 25.7. The van der Waals surface area contributed by atoms with Crippen molar-refractivity contribution in [1.29, 1.82) is 0 Å². The summed E-state index contributed by atoms with van der Waals surface area (Å²) in [5, 5.41) is 2.13. The fourth-order valence-corrected chi connectivity index (χ4v) is 5.14. The SMILES string of the molecule is [2H]C([2H])([2H])N1[CH-]N(c2[c-]c(Oc3[c-]c4c(cc3)c3ccccc3n4-c3cc(C(C)(C)C)ccn3)ncc2)c2ccccc21.[Pt]. The van der Waals surface area contributed by atoms with Crippen molar-refractivity contribution >= 4 is 38.9 Å². The minimum absolute atomic E-state index is 0. The Morgan fingerprint density at radius 2 is 1.63 bits per heavy atom. The van der Waals surface area contributed by atoms with Gasteiger partial charge in [-0.25, -0.2) is 4.98 Å². The summed E-state index contributed by atoms with van der Waals surface area (Å²) in [6.07, 6.45) is 3.47. The van der Waals surface area contributed by atoms with E-state index in [1.54, 1.807) is 29.9 Å². The Hall–Kier alpha value is -4.15. The molecule has 0 radical (unpaired) electrons. The molecule has 1 aliphatic heterocycles. The second-order valence-electron chi connectivity index (χ2n) is 10.8. The minimum Gasteiger partial charge on any atom is -0.504 e. The van der Waals surface area contributed by atoms with Gasteiger partial charge in [0.05, 0.1) is 0 Å². The summed E-state index contributed by atoms with van der Waals surface area (Å²) in [5.74, 6) is 1.52. The summed E-state index contributed by atoms with van der Waals surface area (Å²) in [7, 11) is 0. The number of ether oxygens (including phenoxy) is 1.